The number of anilines is 3. The number of imidazole rings is 1. The van der Waals surface area contributed by atoms with Crippen molar-refractivity contribution in [2.75, 3.05) is 36.4 Å². The van der Waals surface area contributed by atoms with Gasteiger partial charge in [0.2, 0.25) is 11.9 Å². The number of aromatic nitrogens is 6. The van der Waals surface area contributed by atoms with Crippen LogP contribution in [0.3, 0.4) is 0 Å². The van der Waals surface area contributed by atoms with E-state index in [0.717, 1.165) is 60.0 Å². The van der Waals surface area contributed by atoms with Gasteiger partial charge in [0.25, 0.3) is 0 Å². The van der Waals surface area contributed by atoms with Crippen LogP contribution in [0, 0.1) is 0 Å². The van der Waals surface area contributed by atoms with Gasteiger partial charge >= 0.3 is 0 Å². The Bertz CT molecular complexity index is 1540. The van der Waals surface area contributed by atoms with Crippen LogP contribution < -0.4 is 10.2 Å². The molecule has 5 aromatic rings. The highest BCUT2D eigenvalue weighted by Gasteiger charge is 2.19. The van der Waals surface area contributed by atoms with Crippen LogP contribution in [0.15, 0.2) is 79.6 Å². The molecule has 0 saturated carbocycles. The summed E-state index contributed by atoms with van der Waals surface area (Å²) in [4.78, 5) is 38.1. The molecule has 0 aliphatic carbocycles. The second-order valence-corrected chi connectivity index (χ2v) is 8.82. The molecule has 1 fully saturated rings. The molecule has 1 aliphatic heterocycles. The van der Waals surface area contributed by atoms with E-state index in [1.807, 2.05) is 76.6 Å². The van der Waals surface area contributed by atoms with Gasteiger partial charge in [-0.3, -0.25) is 14.2 Å². The smallest absolute Gasteiger partial charge is 0.228 e. The number of carbonyl (C=O) groups is 1. The number of piperazine rings is 1. The Hall–Kier alpha value is -4.86. The van der Waals surface area contributed by atoms with Crippen LogP contribution >= 0.6 is 0 Å². The van der Waals surface area contributed by atoms with E-state index in [9.17, 15) is 4.79 Å². The molecule has 184 valence electrons. The van der Waals surface area contributed by atoms with Crippen LogP contribution in [0.25, 0.3) is 28.2 Å². The molecule has 0 aromatic carbocycles. The number of hydrogen-bond donors (Lipinski definition) is 1. The second-order valence-electron chi connectivity index (χ2n) is 8.82. The number of hydrogen-bond acceptors (Lipinski definition) is 8. The Labute approximate surface area is 213 Å². The largest absolute Gasteiger partial charge is 0.367 e. The third-order valence-corrected chi connectivity index (χ3v) is 6.50. The zero-order valence-electron chi connectivity index (χ0n) is 20.3. The van der Waals surface area contributed by atoms with E-state index in [2.05, 4.69) is 30.2 Å². The minimum atomic E-state index is 0.123. The Morgan fingerprint density at radius 3 is 2.51 bits per heavy atom. The molecule has 1 amide bonds. The van der Waals surface area contributed by atoms with Crippen molar-refractivity contribution in [1.82, 2.24) is 34.2 Å². The van der Waals surface area contributed by atoms with E-state index < -0.39 is 0 Å². The first-order valence-corrected chi connectivity index (χ1v) is 12.1. The number of carbonyl (C=O) groups excluding carboxylic acids is 1. The Morgan fingerprint density at radius 2 is 1.76 bits per heavy atom. The lowest BCUT2D eigenvalue weighted by atomic mass is 10.1. The number of pyridine rings is 3. The van der Waals surface area contributed by atoms with Gasteiger partial charge in [0.1, 0.15) is 11.5 Å². The number of rotatable bonds is 5. The predicted octanol–water partition coefficient (Wildman–Crippen LogP) is 3.66. The number of nitrogens with zero attached hydrogens (tertiary/aromatic N) is 8. The Morgan fingerprint density at radius 1 is 0.865 bits per heavy atom. The molecule has 1 N–H and O–H groups in total. The van der Waals surface area contributed by atoms with Gasteiger partial charge in [-0.15, -0.1) is 0 Å². The molecule has 0 radical (unpaired) electrons. The first-order valence-electron chi connectivity index (χ1n) is 12.1. The molecule has 0 unspecified atom stereocenters. The van der Waals surface area contributed by atoms with Crippen molar-refractivity contribution < 1.29 is 4.79 Å². The van der Waals surface area contributed by atoms with Crippen LogP contribution in [0.2, 0.25) is 0 Å². The molecule has 6 rings (SSSR count). The van der Waals surface area contributed by atoms with Crippen LogP contribution in [-0.2, 0) is 4.79 Å². The number of nitrogens with one attached hydrogen (secondary N) is 1. The average Bonchev–Trinajstić information content (AvgIpc) is 3.38. The fourth-order valence-corrected chi connectivity index (χ4v) is 4.48. The predicted molar refractivity (Wildman–Crippen MR) is 141 cm³/mol. The van der Waals surface area contributed by atoms with Gasteiger partial charge in [0.15, 0.2) is 0 Å². The minimum absolute atomic E-state index is 0.123. The highest BCUT2D eigenvalue weighted by atomic mass is 16.2. The number of amides is 1. The lowest BCUT2D eigenvalue weighted by Gasteiger charge is -2.35. The van der Waals surface area contributed by atoms with Gasteiger partial charge < -0.3 is 15.1 Å². The molecule has 0 bridgehead atoms. The molecule has 10 nitrogen and oxygen atoms in total. The van der Waals surface area contributed by atoms with E-state index in [1.54, 1.807) is 19.3 Å². The third-order valence-electron chi connectivity index (χ3n) is 6.50. The van der Waals surface area contributed by atoms with E-state index in [0.29, 0.717) is 11.8 Å². The molecule has 0 spiro atoms. The van der Waals surface area contributed by atoms with Crippen molar-refractivity contribution in [2.24, 2.45) is 0 Å². The van der Waals surface area contributed by atoms with E-state index in [4.69, 9.17) is 4.98 Å². The van der Waals surface area contributed by atoms with Gasteiger partial charge in [-0.2, -0.15) is 0 Å². The maximum absolute atomic E-state index is 11.6. The van der Waals surface area contributed by atoms with Gasteiger partial charge in [-0.05, 0) is 36.4 Å². The minimum Gasteiger partial charge on any atom is -0.367 e. The molecule has 10 heteroatoms. The van der Waals surface area contributed by atoms with Gasteiger partial charge in [0.05, 0.1) is 29.5 Å². The van der Waals surface area contributed by atoms with Crippen molar-refractivity contribution in [3.05, 3.63) is 79.6 Å². The summed E-state index contributed by atoms with van der Waals surface area (Å²) in [5, 5.41) is 3.20. The molecule has 6 heterocycles. The fourth-order valence-electron chi connectivity index (χ4n) is 4.48. The SMILES string of the molecule is CC(=O)N1CCN(c2ccc(Nc3nccc(-c4cnc5ccc(-c6cccnc6)cn45)n3)nc2)CC1. The van der Waals surface area contributed by atoms with Crippen molar-refractivity contribution in [3.8, 4) is 22.5 Å². The quantitative estimate of drug-likeness (QED) is 0.397. The van der Waals surface area contributed by atoms with Crippen molar-refractivity contribution in [3.63, 3.8) is 0 Å². The summed E-state index contributed by atoms with van der Waals surface area (Å²) in [7, 11) is 0. The highest BCUT2D eigenvalue weighted by Crippen LogP contribution is 2.25. The summed E-state index contributed by atoms with van der Waals surface area (Å²) in [5.74, 6) is 1.23. The van der Waals surface area contributed by atoms with Crippen molar-refractivity contribution in [1.29, 1.82) is 0 Å². The van der Waals surface area contributed by atoms with Crippen molar-refractivity contribution >= 4 is 29.0 Å². The Kier molecular flexibility index (Phi) is 5.89. The van der Waals surface area contributed by atoms with Gasteiger partial charge in [-0.1, -0.05) is 6.07 Å². The summed E-state index contributed by atoms with van der Waals surface area (Å²) in [6.45, 7) is 4.65. The van der Waals surface area contributed by atoms with Crippen LogP contribution in [0.1, 0.15) is 6.92 Å². The summed E-state index contributed by atoms with van der Waals surface area (Å²) < 4.78 is 2.02. The molecule has 1 saturated heterocycles. The summed E-state index contributed by atoms with van der Waals surface area (Å²) in [6, 6.07) is 13.8. The molecular weight excluding hydrogens is 466 g/mol. The summed E-state index contributed by atoms with van der Waals surface area (Å²) >= 11 is 0. The third kappa shape index (κ3) is 4.68. The topological polar surface area (TPSA) is 104 Å². The first-order chi connectivity index (χ1) is 18.1. The molecule has 0 atom stereocenters. The Balaban J connectivity index is 1.20. The van der Waals surface area contributed by atoms with Gasteiger partial charge in [-0.25, -0.2) is 19.9 Å². The monoisotopic (exact) mass is 491 g/mol. The van der Waals surface area contributed by atoms with E-state index in [-0.39, 0.29) is 5.91 Å². The van der Waals surface area contributed by atoms with Crippen molar-refractivity contribution in [2.45, 2.75) is 6.92 Å². The normalized spacial score (nSPS) is 13.6. The first kappa shape index (κ1) is 22.6. The fraction of sp³-hybridized carbons (Fsp3) is 0.185. The van der Waals surface area contributed by atoms with Gasteiger partial charge in [0, 0.05) is 69.0 Å². The zero-order chi connectivity index (χ0) is 25.2. The standard InChI is InChI=1S/C27H25N9O/c1-19(37)34-11-13-35(14-12-34)22-5-6-25(30-16-22)33-27-29-10-8-23(32-27)24-17-31-26-7-4-21(18-36(24)26)20-3-2-9-28-15-20/h2-10,15-18H,11-14H2,1H3,(H,29,30,32,33). The van der Waals surface area contributed by atoms with Crippen LogP contribution in [0.5, 0.6) is 0 Å². The highest BCUT2D eigenvalue weighted by molar-refractivity contribution is 5.73. The lowest BCUT2D eigenvalue weighted by molar-refractivity contribution is -0.129. The van der Waals surface area contributed by atoms with E-state index >= 15 is 0 Å². The molecule has 1 aliphatic rings. The molecular formula is C27H25N9O. The van der Waals surface area contributed by atoms with Crippen LogP contribution in [-0.4, -0.2) is 66.3 Å². The molecule has 5 aromatic heterocycles. The number of fused-ring (bicyclic) bond motifs is 1. The maximum Gasteiger partial charge on any atom is 0.228 e. The summed E-state index contributed by atoms with van der Waals surface area (Å²) in [5.41, 5.74) is 5.53. The summed E-state index contributed by atoms with van der Waals surface area (Å²) in [6.07, 6.45) is 11.0. The van der Waals surface area contributed by atoms with Crippen LogP contribution in [0.4, 0.5) is 17.5 Å². The molecule has 37 heavy (non-hydrogen) atoms. The zero-order valence-corrected chi connectivity index (χ0v) is 20.3. The maximum atomic E-state index is 11.6. The van der Waals surface area contributed by atoms with E-state index in [1.165, 1.54) is 0 Å². The second kappa shape index (κ2) is 9.65. The lowest BCUT2D eigenvalue weighted by Crippen LogP contribution is -2.48. The average molecular weight is 492 g/mol.